The molecular formula is C9H11N7O3. The van der Waals surface area contributed by atoms with Gasteiger partial charge in [-0.05, 0) is 0 Å². The van der Waals surface area contributed by atoms with Crippen LogP contribution < -0.4 is 10.6 Å². The van der Waals surface area contributed by atoms with Crippen molar-refractivity contribution in [3.8, 4) is 0 Å². The lowest BCUT2D eigenvalue weighted by atomic mass is 10.4. The standard InChI is InChI=1S/C9H11N7O3/c1-5-14-6(15-19-5)3-11-9-7(16(17)18)8(10-2)12-4-13-9/h4H,3H2,1-2H3,(H2,10,11,12,13). The highest BCUT2D eigenvalue weighted by atomic mass is 16.6. The molecule has 10 nitrogen and oxygen atoms in total. The van der Waals surface area contributed by atoms with E-state index in [1.165, 1.54) is 6.33 Å². The number of rotatable bonds is 5. The van der Waals surface area contributed by atoms with Gasteiger partial charge in [-0.3, -0.25) is 10.1 Å². The molecule has 2 aromatic rings. The molecule has 0 aliphatic rings. The minimum Gasteiger partial charge on any atom is -0.367 e. The summed E-state index contributed by atoms with van der Waals surface area (Å²) in [5, 5.41) is 20.1. The Labute approximate surface area is 107 Å². The van der Waals surface area contributed by atoms with Crippen molar-refractivity contribution in [1.29, 1.82) is 0 Å². The minimum atomic E-state index is -0.560. The first-order valence-corrected chi connectivity index (χ1v) is 5.32. The highest BCUT2D eigenvalue weighted by Gasteiger charge is 2.22. The van der Waals surface area contributed by atoms with Crippen LogP contribution in [0.4, 0.5) is 17.3 Å². The minimum absolute atomic E-state index is 0.0896. The fourth-order valence-corrected chi connectivity index (χ4v) is 1.44. The zero-order valence-corrected chi connectivity index (χ0v) is 10.2. The number of nitrogens with one attached hydrogen (secondary N) is 2. The lowest BCUT2D eigenvalue weighted by molar-refractivity contribution is -0.383. The van der Waals surface area contributed by atoms with Crippen LogP contribution in [0.5, 0.6) is 0 Å². The third-order valence-corrected chi connectivity index (χ3v) is 2.23. The van der Waals surface area contributed by atoms with E-state index in [2.05, 4.69) is 30.7 Å². The Balaban J connectivity index is 2.22. The molecule has 0 aliphatic carbocycles. The average Bonchev–Trinajstić information content (AvgIpc) is 2.81. The Kier molecular flexibility index (Phi) is 3.50. The molecule has 0 fully saturated rings. The molecule has 0 aliphatic heterocycles. The first-order chi connectivity index (χ1) is 9.11. The smallest absolute Gasteiger partial charge is 0.353 e. The maximum atomic E-state index is 11.0. The number of nitrogens with zero attached hydrogens (tertiary/aromatic N) is 5. The van der Waals surface area contributed by atoms with E-state index in [1.54, 1.807) is 14.0 Å². The second-order valence-corrected chi connectivity index (χ2v) is 3.51. The van der Waals surface area contributed by atoms with Crippen molar-refractivity contribution in [2.75, 3.05) is 17.7 Å². The van der Waals surface area contributed by atoms with Crippen LogP contribution in [0.1, 0.15) is 11.7 Å². The number of nitro groups is 1. The van der Waals surface area contributed by atoms with Gasteiger partial charge in [0.15, 0.2) is 5.82 Å². The van der Waals surface area contributed by atoms with Crippen molar-refractivity contribution in [3.63, 3.8) is 0 Å². The molecule has 2 aromatic heterocycles. The third kappa shape index (κ3) is 2.73. The van der Waals surface area contributed by atoms with Crippen LogP contribution in [-0.4, -0.2) is 32.1 Å². The summed E-state index contributed by atoms with van der Waals surface area (Å²) in [6.45, 7) is 1.82. The highest BCUT2D eigenvalue weighted by molar-refractivity contribution is 5.68. The molecule has 0 unspecified atom stereocenters. The Morgan fingerprint density at radius 3 is 2.74 bits per heavy atom. The largest absolute Gasteiger partial charge is 0.367 e. The van der Waals surface area contributed by atoms with Gasteiger partial charge in [-0.2, -0.15) is 4.98 Å². The SMILES string of the molecule is CNc1ncnc(NCc2noc(C)n2)c1[N+](=O)[O-]. The van der Waals surface area contributed by atoms with Gasteiger partial charge in [-0.25, -0.2) is 9.97 Å². The zero-order chi connectivity index (χ0) is 13.8. The van der Waals surface area contributed by atoms with Crippen LogP contribution in [0.15, 0.2) is 10.9 Å². The predicted molar refractivity (Wildman–Crippen MR) is 64.6 cm³/mol. The van der Waals surface area contributed by atoms with Gasteiger partial charge in [-0.15, -0.1) is 0 Å². The van der Waals surface area contributed by atoms with Crippen molar-refractivity contribution in [2.45, 2.75) is 13.5 Å². The van der Waals surface area contributed by atoms with Crippen LogP contribution in [0.3, 0.4) is 0 Å². The van der Waals surface area contributed by atoms with E-state index in [-0.39, 0.29) is 23.9 Å². The molecule has 0 radical (unpaired) electrons. The molecule has 2 heterocycles. The van der Waals surface area contributed by atoms with Crippen LogP contribution in [0.2, 0.25) is 0 Å². The maximum Gasteiger partial charge on any atom is 0.353 e. The number of aryl methyl sites for hydroxylation is 1. The Hall–Kier alpha value is -2.78. The van der Waals surface area contributed by atoms with Gasteiger partial charge in [0.2, 0.25) is 17.5 Å². The van der Waals surface area contributed by atoms with Crippen molar-refractivity contribution in [3.05, 3.63) is 28.2 Å². The quantitative estimate of drug-likeness (QED) is 0.592. The molecule has 0 aromatic carbocycles. The summed E-state index contributed by atoms with van der Waals surface area (Å²) < 4.78 is 4.80. The van der Waals surface area contributed by atoms with Crippen LogP contribution in [0.25, 0.3) is 0 Å². The number of anilines is 2. The van der Waals surface area contributed by atoms with Gasteiger partial charge in [0, 0.05) is 14.0 Å². The van der Waals surface area contributed by atoms with Gasteiger partial charge < -0.3 is 15.2 Å². The number of aromatic nitrogens is 4. The lowest BCUT2D eigenvalue weighted by Gasteiger charge is -2.06. The van der Waals surface area contributed by atoms with Crippen molar-refractivity contribution in [1.82, 2.24) is 20.1 Å². The summed E-state index contributed by atoms with van der Waals surface area (Å²) in [7, 11) is 1.54. The van der Waals surface area contributed by atoms with E-state index in [0.29, 0.717) is 11.7 Å². The van der Waals surface area contributed by atoms with Crippen molar-refractivity contribution >= 4 is 17.3 Å². The number of hydrogen-bond donors (Lipinski definition) is 2. The van der Waals surface area contributed by atoms with E-state index >= 15 is 0 Å². The fraction of sp³-hybridized carbons (Fsp3) is 0.333. The fourth-order valence-electron chi connectivity index (χ4n) is 1.44. The predicted octanol–water partition coefficient (Wildman–Crippen LogP) is 0.730. The third-order valence-electron chi connectivity index (χ3n) is 2.23. The summed E-state index contributed by atoms with van der Waals surface area (Å²) in [5.41, 5.74) is -0.231. The average molecular weight is 265 g/mol. The van der Waals surface area contributed by atoms with Crippen LogP contribution in [-0.2, 0) is 6.54 Å². The van der Waals surface area contributed by atoms with E-state index in [4.69, 9.17) is 4.52 Å². The molecule has 0 spiro atoms. The lowest BCUT2D eigenvalue weighted by Crippen LogP contribution is -2.08. The van der Waals surface area contributed by atoms with E-state index in [1.807, 2.05) is 0 Å². The monoisotopic (exact) mass is 265 g/mol. The second-order valence-electron chi connectivity index (χ2n) is 3.51. The number of hydrogen-bond acceptors (Lipinski definition) is 9. The van der Waals surface area contributed by atoms with E-state index < -0.39 is 4.92 Å². The molecule has 0 bridgehead atoms. The Morgan fingerprint density at radius 2 is 2.16 bits per heavy atom. The van der Waals surface area contributed by atoms with Crippen LogP contribution >= 0.6 is 0 Å². The molecule has 0 saturated heterocycles. The summed E-state index contributed by atoms with van der Waals surface area (Å²) >= 11 is 0. The summed E-state index contributed by atoms with van der Waals surface area (Å²) in [6.07, 6.45) is 1.22. The summed E-state index contributed by atoms with van der Waals surface area (Å²) in [6, 6.07) is 0. The van der Waals surface area contributed by atoms with Gasteiger partial charge in [0.25, 0.3) is 0 Å². The highest BCUT2D eigenvalue weighted by Crippen LogP contribution is 2.28. The summed E-state index contributed by atoms with van der Waals surface area (Å²) in [4.78, 5) is 22.1. The molecule has 0 atom stereocenters. The van der Waals surface area contributed by atoms with E-state index in [9.17, 15) is 10.1 Å². The van der Waals surface area contributed by atoms with Gasteiger partial charge in [0.1, 0.15) is 6.33 Å². The first kappa shape index (κ1) is 12.7. The molecule has 2 N–H and O–H groups in total. The summed E-state index contributed by atoms with van der Waals surface area (Å²) in [5.74, 6) is 1.03. The molecule has 100 valence electrons. The molecule has 10 heteroatoms. The topological polar surface area (TPSA) is 132 Å². The van der Waals surface area contributed by atoms with Gasteiger partial charge in [-0.1, -0.05) is 5.16 Å². The first-order valence-electron chi connectivity index (χ1n) is 5.32. The molecule has 0 saturated carbocycles. The Bertz CT molecular complexity index is 597. The van der Waals surface area contributed by atoms with Gasteiger partial charge in [0.05, 0.1) is 11.5 Å². The zero-order valence-electron chi connectivity index (χ0n) is 10.2. The Morgan fingerprint density at radius 1 is 1.42 bits per heavy atom. The molecular weight excluding hydrogens is 254 g/mol. The van der Waals surface area contributed by atoms with Crippen LogP contribution in [0, 0.1) is 17.0 Å². The van der Waals surface area contributed by atoms with Gasteiger partial charge >= 0.3 is 5.69 Å². The molecule has 19 heavy (non-hydrogen) atoms. The second kappa shape index (κ2) is 5.25. The van der Waals surface area contributed by atoms with Crippen molar-refractivity contribution < 1.29 is 9.45 Å². The van der Waals surface area contributed by atoms with E-state index in [0.717, 1.165) is 0 Å². The molecule has 2 rings (SSSR count). The van der Waals surface area contributed by atoms with Crippen molar-refractivity contribution in [2.24, 2.45) is 0 Å². The maximum absolute atomic E-state index is 11.0. The molecule has 0 amide bonds. The normalized spacial score (nSPS) is 10.2.